The van der Waals surface area contributed by atoms with Crippen LogP contribution in [0.5, 0.6) is 5.75 Å². The van der Waals surface area contributed by atoms with Gasteiger partial charge in [-0.1, -0.05) is 49.7 Å². The van der Waals surface area contributed by atoms with Crippen LogP contribution in [0.25, 0.3) is 0 Å². The van der Waals surface area contributed by atoms with E-state index in [-0.39, 0.29) is 24.5 Å². The molecule has 200 valence electrons. The molecule has 3 heterocycles. The molecule has 3 aromatic rings. The van der Waals surface area contributed by atoms with Crippen LogP contribution in [-0.2, 0) is 22.6 Å². The Morgan fingerprint density at radius 3 is 2.50 bits per heavy atom. The molecule has 38 heavy (non-hydrogen) atoms. The number of carbonyl (C=O) groups is 2. The lowest BCUT2D eigenvalue weighted by Crippen LogP contribution is -2.41. The fourth-order valence-electron chi connectivity index (χ4n) is 5.17. The standard InChI is InChI=1S/C31H36N2O5/c1-21(2)18-29(34)33-13-12-23-8-9-25(19-27(23)30(33)24-6-4-22(3)5-7-24)37-20-26-10-11-28(38-26)31(35)32-14-16-36-17-15-32/h4-11,19,21,30H,12-18,20H2,1-3H3/t30-/m1/s1. The van der Waals surface area contributed by atoms with Crippen LogP contribution in [0.3, 0.4) is 0 Å². The highest BCUT2D eigenvalue weighted by Crippen LogP contribution is 2.38. The third-order valence-electron chi connectivity index (χ3n) is 7.19. The van der Waals surface area contributed by atoms with Crippen LogP contribution >= 0.6 is 0 Å². The van der Waals surface area contributed by atoms with Crippen LogP contribution in [0.15, 0.2) is 59.0 Å². The zero-order chi connectivity index (χ0) is 26.6. The predicted molar refractivity (Wildman–Crippen MR) is 144 cm³/mol. The van der Waals surface area contributed by atoms with E-state index in [9.17, 15) is 9.59 Å². The molecule has 1 atom stereocenters. The number of carbonyl (C=O) groups excluding carboxylic acids is 2. The highest BCUT2D eigenvalue weighted by molar-refractivity contribution is 5.91. The Bertz CT molecular complexity index is 1270. The summed E-state index contributed by atoms with van der Waals surface area (Å²) in [7, 11) is 0. The Labute approximate surface area is 224 Å². The summed E-state index contributed by atoms with van der Waals surface area (Å²) in [6, 6.07) is 17.9. The second-order valence-corrected chi connectivity index (χ2v) is 10.6. The van der Waals surface area contributed by atoms with Crippen LogP contribution in [0, 0.1) is 12.8 Å². The quantitative estimate of drug-likeness (QED) is 0.434. The maximum atomic E-state index is 13.3. The lowest BCUT2D eigenvalue weighted by atomic mass is 9.87. The van der Waals surface area contributed by atoms with E-state index in [1.165, 1.54) is 11.1 Å². The van der Waals surface area contributed by atoms with Crippen molar-refractivity contribution in [2.75, 3.05) is 32.8 Å². The van der Waals surface area contributed by atoms with Crippen molar-refractivity contribution in [3.63, 3.8) is 0 Å². The van der Waals surface area contributed by atoms with Gasteiger partial charge in [-0.15, -0.1) is 0 Å². The predicted octanol–water partition coefficient (Wildman–Crippen LogP) is 5.16. The molecule has 5 rings (SSSR count). The lowest BCUT2D eigenvalue weighted by molar-refractivity contribution is -0.134. The number of amides is 2. The molecule has 0 N–H and O–H groups in total. The largest absolute Gasteiger partial charge is 0.486 e. The zero-order valence-electron chi connectivity index (χ0n) is 22.4. The van der Waals surface area contributed by atoms with Crippen LogP contribution in [0.1, 0.15) is 64.9 Å². The van der Waals surface area contributed by atoms with Gasteiger partial charge in [0.1, 0.15) is 18.1 Å². The van der Waals surface area contributed by atoms with E-state index in [2.05, 4.69) is 57.2 Å². The monoisotopic (exact) mass is 516 g/mol. The number of aryl methyl sites for hydroxylation is 1. The fraction of sp³-hybridized carbons (Fsp3) is 0.419. The molecule has 7 nitrogen and oxygen atoms in total. The first-order valence-corrected chi connectivity index (χ1v) is 13.5. The summed E-state index contributed by atoms with van der Waals surface area (Å²) in [4.78, 5) is 29.7. The first-order chi connectivity index (χ1) is 18.4. The van der Waals surface area contributed by atoms with Gasteiger partial charge in [-0.05, 0) is 60.2 Å². The zero-order valence-corrected chi connectivity index (χ0v) is 22.4. The molecule has 2 aliphatic heterocycles. The number of morpholine rings is 1. The van der Waals surface area contributed by atoms with Gasteiger partial charge in [-0.3, -0.25) is 9.59 Å². The molecular formula is C31H36N2O5. The summed E-state index contributed by atoms with van der Waals surface area (Å²) in [5.41, 5.74) is 4.61. The van der Waals surface area contributed by atoms with Gasteiger partial charge in [0.2, 0.25) is 5.91 Å². The van der Waals surface area contributed by atoms with Crippen molar-refractivity contribution in [1.82, 2.24) is 9.80 Å². The highest BCUT2D eigenvalue weighted by atomic mass is 16.5. The van der Waals surface area contributed by atoms with E-state index >= 15 is 0 Å². The van der Waals surface area contributed by atoms with Crippen LogP contribution in [-0.4, -0.2) is 54.5 Å². The number of furan rings is 1. The highest BCUT2D eigenvalue weighted by Gasteiger charge is 2.32. The number of benzene rings is 2. The molecule has 0 radical (unpaired) electrons. The molecule has 2 amide bonds. The maximum Gasteiger partial charge on any atom is 0.289 e. The van der Waals surface area contributed by atoms with Crippen LogP contribution < -0.4 is 4.74 Å². The van der Waals surface area contributed by atoms with Gasteiger partial charge in [-0.25, -0.2) is 0 Å². The smallest absolute Gasteiger partial charge is 0.289 e. The second-order valence-electron chi connectivity index (χ2n) is 10.6. The Balaban J connectivity index is 1.35. The first kappa shape index (κ1) is 26.0. The summed E-state index contributed by atoms with van der Waals surface area (Å²) >= 11 is 0. The fourth-order valence-corrected chi connectivity index (χ4v) is 5.17. The number of fused-ring (bicyclic) bond motifs is 1. The van der Waals surface area contributed by atoms with E-state index in [0.29, 0.717) is 62.5 Å². The second kappa shape index (κ2) is 11.4. The van der Waals surface area contributed by atoms with Crippen molar-refractivity contribution in [2.24, 2.45) is 5.92 Å². The molecule has 0 bridgehead atoms. The third kappa shape index (κ3) is 5.78. The minimum atomic E-state index is -0.157. The molecule has 7 heteroatoms. The Hall–Kier alpha value is -3.58. The van der Waals surface area contributed by atoms with Gasteiger partial charge < -0.3 is 23.7 Å². The summed E-state index contributed by atoms with van der Waals surface area (Å²) in [6.07, 6.45) is 1.34. The number of nitrogens with zero attached hydrogens (tertiary/aromatic N) is 2. The minimum absolute atomic E-state index is 0.125. The van der Waals surface area contributed by atoms with Gasteiger partial charge in [0.25, 0.3) is 5.91 Å². The molecule has 2 aromatic carbocycles. The topological polar surface area (TPSA) is 72.2 Å². The van der Waals surface area contributed by atoms with Gasteiger partial charge in [0.15, 0.2) is 5.76 Å². The molecular weight excluding hydrogens is 480 g/mol. The number of hydrogen-bond donors (Lipinski definition) is 0. The normalized spacial score (nSPS) is 17.4. The van der Waals surface area contributed by atoms with Crippen molar-refractivity contribution in [3.05, 3.63) is 88.4 Å². The molecule has 0 unspecified atom stereocenters. The summed E-state index contributed by atoms with van der Waals surface area (Å²) < 4.78 is 17.3. The summed E-state index contributed by atoms with van der Waals surface area (Å²) in [5, 5.41) is 0. The van der Waals surface area contributed by atoms with Gasteiger partial charge in [-0.2, -0.15) is 0 Å². The Morgan fingerprint density at radius 2 is 1.76 bits per heavy atom. The van der Waals surface area contributed by atoms with E-state index in [4.69, 9.17) is 13.9 Å². The van der Waals surface area contributed by atoms with Gasteiger partial charge in [0, 0.05) is 26.1 Å². The number of hydrogen-bond acceptors (Lipinski definition) is 5. The third-order valence-corrected chi connectivity index (χ3v) is 7.19. The van der Waals surface area contributed by atoms with Crippen LogP contribution in [0.4, 0.5) is 0 Å². The molecule has 1 saturated heterocycles. The van der Waals surface area contributed by atoms with Crippen molar-refractivity contribution < 1.29 is 23.5 Å². The lowest BCUT2D eigenvalue weighted by Gasteiger charge is -2.38. The summed E-state index contributed by atoms with van der Waals surface area (Å²) in [6.45, 7) is 9.37. The van der Waals surface area contributed by atoms with Crippen molar-refractivity contribution >= 4 is 11.8 Å². The summed E-state index contributed by atoms with van der Waals surface area (Å²) in [5.74, 6) is 1.95. The minimum Gasteiger partial charge on any atom is -0.486 e. The van der Waals surface area contributed by atoms with Crippen molar-refractivity contribution in [2.45, 2.75) is 46.3 Å². The average Bonchev–Trinajstić information content (AvgIpc) is 3.40. The SMILES string of the molecule is Cc1ccc([C@@H]2c3cc(OCc4ccc(C(=O)N5CCOCC5)o4)ccc3CCN2C(=O)CC(C)C)cc1. The molecule has 0 aliphatic carbocycles. The van der Waals surface area contributed by atoms with E-state index < -0.39 is 0 Å². The van der Waals surface area contributed by atoms with Crippen molar-refractivity contribution in [3.8, 4) is 5.75 Å². The van der Waals surface area contributed by atoms with E-state index in [1.807, 2.05) is 11.0 Å². The number of rotatable bonds is 7. The van der Waals surface area contributed by atoms with E-state index in [0.717, 1.165) is 17.5 Å². The average molecular weight is 517 g/mol. The molecule has 2 aliphatic rings. The Kier molecular flexibility index (Phi) is 7.84. The number of ether oxygens (including phenoxy) is 2. The first-order valence-electron chi connectivity index (χ1n) is 13.5. The van der Waals surface area contributed by atoms with Gasteiger partial charge in [0.05, 0.1) is 19.3 Å². The van der Waals surface area contributed by atoms with Gasteiger partial charge >= 0.3 is 0 Å². The molecule has 1 fully saturated rings. The van der Waals surface area contributed by atoms with E-state index in [1.54, 1.807) is 17.0 Å². The maximum absolute atomic E-state index is 13.3. The Morgan fingerprint density at radius 1 is 1.00 bits per heavy atom. The van der Waals surface area contributed by atoms with Crippen molar-refractivity contribution in [1.29, 1.82) is 0 Å². The molecule has 0 saturated carbocycles. The van der Waals surface area contributed by atoms with Crippen LogP contribution in [0.2, 0.25) is 0 Å². The molecule has 0 spiro atoms. The molecule has 1 aromatic heterocycles.